The highest BCUT2D eigenvalue weighted by molar-refractivity contribution is 7.91. The monoisotopic (exact) mass is 291 g/mol. The van der Waals surface area contributed by atoms with Gasteiger partial charge >= 0.3 is 0 Å². The van der Waals surface area contributed by atoms with Crippen LogP contribution in [0.15, 0.2) is 10.3 Å². The van der Waals surface area contributed by atoms with E-state index in [1.54, 1.807) is 6.07 Å². The molecule has 0 saturated carbocycles. The van der Waals surface area contributed by atoms with E-state index in [2.05, 4.69) is 4.72 Å². The van der Waals surface area contributed by atoms with E-state index >= 15 is 0 Å². The lowest BCUT2D eigenvalue weighted by molar-refractivity contribution is 0.213. The molecule has 2 N–H and O–H groups in total. The molecule has 0 radical (unpaired) electrons. The fraction of sp³-hybridized carbons (Fsp3) is 0.667. The van der Waals surface area contributed by atoms with E-state index in [1.807, 2.05) is 27.7 Å². The molecule has 6 heteroatoms. The summed E-state index contributed by atoms with van der Waals surface area (Å²) in [6, 6.07) is 1.70. The second kappa shape index (κ2) is 5.69. The van der Waals surface area contributed by atoms with Crippen LogP contribution in [0.1, 0.15) is 30.7 Å². The summed E-state index contributed by atoms with van der Waals surface area (Å²) in [5.74, 6) is 0. The first-order valence-corrected chi connectivity index (χ1v) is 8.15. The fourth-order valence-electron chi connectivity index (χ4n) is 1.42. The summed E-state index contributed by atoms with van der Waals surface area (Å²) in [6.07, 6.45) is 0.567. The van der Waals surface area contributed by atoms with Crippen LogP contribution in [0.25, 0.3) is 0 Å². The summed E-state index contributed by atoms with van der Waals surface area (Å²) in [4.78, 5) is 1.02. The molecule has 0 bridgehead atoms. The number of aliphatic hydroxyl groups excluding tert-OH is 1. The zero-order valence-electron chi connectivity index (χ0n) is 11.3. The van der Waals surface area contributed by atoms with Gasteiger partial charge in [-0.05, 0) is 37.3 Å². The van der Waals surface area contributed by atoms with Crippen molar-refractivity contribution in [2.24, 2.45) is 5.41 Å². The maximum absolute atomic E-state index is 12.1. The molecular formula is C12H21NO3S2. The molecule has 0 unspecified atom stereocenters. The van der Waals surface area contributed by atoms with Crippen LogP contribution in [-0.2, 0) is 10.0 Å². The topological polar surface area (TPSA) is 66.4 Å². The molecule has 18 heavy (non-hydrogen) atoms. The predicted molar refractivity (Wildman–Crippen MR) is 74.5 cm³/mol. The standard InChI is InChI=1S/C12H21NO3S2/c1-9-7-11(17-10(9)2)18(15,16)13-8-12(3,4)5-6-14/h7,13-14H,5-6,8H2,1-4H3. The summed E-state index contributed by atoms with van der Waals surface area (Å²) in [6.45, 7) is 8.06. The van der Waals surface area contributed by atoms with Crippen LogP contribution < -0.4 is 4.72 Å². The number of aryl methyl sites for hydroxylation is 2. The SMILES string of the molecule is Cc1cc(S(=O)(=O)NCC(C)(C)CCO)sc1C. The Balaban J connectivity index is 2.77. The molecule has 0 atom stereocenters. The van der Waals surface area contributed by atoms with E-state index < -0.39 is 10.0 Å². The zero-order valence-corrected chi connectivity index (χ0v) is 12.9. The molecule has 0 aliphatic carbocycles. The van der Waals surface area contributed by atoms with Gasteiger partial charge in [-0.25, -0.2) is 13.1 Å². The van der Waals surface area contributed by atoms with Crippen molar-refractivity contribution in [3.8, 4) is 0 Å². The molecule has 0 saturated heterocycles. The average Bonchev–Trinajstić information content (AvgIpc) is 2.58. The number of aliphatic hydroxyl groups is 1. The minimum Gasteiger partial charge on any atom is -0.396 e. The molecule has 0 aliphatic heterocycles. The van der Waals surface area contributed by atoms with Gasteiger partial charge in [-0.15, -0.1) is 11.3 Å². The first-order valence-electron chi connectivity index (χ1n) is 5.85. The summed E-state index contributed by atoms with van der Waals surface area (Å²) in [5.41, 5.74) is 0.749. The van der Waals surface area contributed by atoms with Crippen molar-refractivity contribution < 1.29 is 13.5 Å². The molecule has 1 aromatic rings. The lowest BCUT2D eigenvalue weighted by atomic mass is 9.90. The van der Waals surface area contributed by atoms with Gasteiger partial charge in [-0.3, -0.25) is 0 Å². The van der Waals surface area contributed by atoms with Gasteiger partial charge in [0.05, 0.1) is 0 Å². The summed E-state index contributed by atoms with van der Waals surface area (Å²) < 4.78 is 27.1. The van der Waals surface area contributed by atoms with Crippen LogP contribution in [0.4, 0.5) is 0 Å². The van der Waals surface area contributed by atoms with Crippen molar-refractivity contribution in [2.75, 3.05) is 13.2 Å². The Morgan fingerprint density at radius 1 is 1.39 bits per heavy atom. The quantitative estimate of drug-likeness (QED) is 0.843. The van der Waals surface area contributed by atoms with E-state index in [-0.39, 0.29) is 12.0 Å². The Bertz CT molecular complexity index is 484. The lowest BCUT2D eigenvalue weighted by Gasteiger charge is -2.23. The number of thiophene rings is 1. The third-order valence-electron chi connectivity index (χ3n) is 2.94. The fourth-order valence-corrected chi connectivity index (χ4v) is 4.23. The smallest absolute Gasteiger partial charge is 0.250 e. The van der Waals surface area contributed by atoms with Gasteiger partial charge in [0.25, 0.3) is 0 Å². The highest BCUT2D eigenvalue weighted by atomic mass is 32.2. The first kappa shape index (κ1) is 15.6. The molecule has 4 nitrogen and oxygen atoms in total. The Labute approximate surface area is 113 Å². The average molecular weight is 291 g/mol. The van der Waals surface area contributed by atoms with Gasteiger partial charge < -0.3 is 5.11 Å². The van der Waals surface area contributed by atoms with E-state index in [0.717, 1.165) is 10.4 Å². The van der Waals surface area contributed by atoms with Crippen LogP contribution in [0.3, 0.4) is 0 Å². The van der Waals surface area contributed by atoms with E-state index in [4.69, 9.17) is 5.11 Å². The maximum Gasteiger partial charge on any atom is 0.250 e. The number of sulfonamides is 1. The van der Waals surface area contributed by atoms with Crippen molar-refractivity contribution in [1.82, 2.24) is 4.72 Å². The van der Waals surface area contributed by atoms with Gasteiger partial charge in [0.1, 0.15) is 4.21 Å². The van der Waals surface area contributed by atoms with E-state index in [1.165, 1.54) is 11.3 Å². The van der Waals surface area contributed by atoms with E-state index in [0.29, 0.717) is 17.2 Å². The first-order chi connectivity index (χ1) is 8.18. The molecule has 1 rings (SSSR count). The van der Waals surface area contributed by atoms with Gasteiger partial charge in [-0.2, -0.15) is 0 Å². The third kappa shape index (κ3) is 4.05. The van der Waals surface area contributed by atoms with Gasteiger partial charge in [-0.1, -0.05) is 13.8 Å². The maximum atomic E-state index is 12.1. The largest absolute Gasteiger partial charge is 0.396 e. The Kier molecular flexibility index (Phi) is 4.94. The molecular weight excluding hydrogens is 270 g/mol. The van der Waals surface area contributed by atoms with Crippen molar-refractivity contribution in [3.63, 3.8) is 0 Å². The molecule has 0 fully saturated rings. The summed E-state index contributed by atoms with van der Waals surface area (Å²) in [7, 11) is -3.43. The van der Waals surface area contributed by atoms with Crippen molar-refractivity contribution in [2.45, 2.75) is 38.3 Å². The van der Waals surface area contributed by atoms with Crippen LogP contribution in [0.2, 0.25) is 0 Å². The Hall–Kier alpha value is -0.430. The lowest BCUT2D eigenvalue weighted by Crippen LogP contribution is -2.34. The summed E-state index contributed by atoms with van der Waals surface area (Å²) in [5, 5.41) is 8.91. The molecule has 0 spiro atoms. The van der Waals surface area contributed by atoms with Crippen LogP contribution >= 0.6 is 11.3 Å². The minimum atomic E-state index is -3.43. The number of rotatable bonds is 6. The predicted octanol–water partition coefficient (Wildman–Crippen LogP) is 2.05. The van der Waals surface area contributed by atoms with Crippen LogP contribution in [0.5, 0.6) is 0 Å². The van der Waals surface area contributed by atoms with Gasteiger partial charge in [0.15, 0.2) is 0 Å². The highest BCUT2D eigenvalue weighted by Crippen LogP contribution is 2.26. The summed E-state index contributed by atoms with van der Waals surface area (Å²) >= 11 is 1.29. The van der Waals surface area contributed by atoms with Crippen molar-refractivity contribution in [3.05, 3.63) is 16.5 Å². The van der Waals surface area contributed by atoms with Crippen molar-refractivity contribution >= 4 is 21.4 Å². The van der Waals surface area contributed by atoms with E-state index in [9.17, 15) is 8.42 Å². The highest BCUT2D eigenvalue weighted by Gasteiger charge is 2.23. The second-order valence-corrected chi connectivity index (χ2v) is 8.52. The zero-order chi connectivity index (χ0) is 14.0. The Morgan fingerprint density at radius 2 is 2.00 bits per heavy atom. The molecule has 1 aromatic heterocycles. The van der Waals surface area contributed by atoms with Gasteiger partial charge in [0, 0.05) is 18.0 Å². The Morgan fingerprint density at radius 3 is 2.44 bits per heavy atom. The number of hydrogen-bond donors (Lipinski definition) is 2. The molecule has 1 heterocycles. The second-order valence-electron chi connectivity index (χ2n) is 5.27. The molecule has 0 aromatic carbocycles. The number of nitrogens with one attached hydrogen (secondary N) is 1. The molecule has 0 aliphatic rings. The minimum absolute atomic E-state index is 0.0615. The number of hydrogen-bond acceptors (Lipinski definition) is 4. The normalized spacial score (nSPS) is 12.9. The van der Waals surface area contributed by atoms with Crippen molar-refractivity contribution in [1.29, 1.82) is 0 Å². The van der Waals surface area contributed by atoms with Crippen LogP contribution in [-0.4, -0.2) is 26.7 Å². The molecule has 0 amide bonds. The molecule has 104 valence electrons. The van der Waals surface area contributed by atoms with Crippen LogP contribution in [0, 0.1) is 19.3 Å². The third-order valence-corrected chi connectivity index (χ3v) is 5.96. The van der Waals surface area contributed by atoms with Gasteiger partial charge in [0.2, 0.25) is 10.0 Å².